The van der Waals surface area contributed by atoms with Crippen LogP contribution in [0, 0.1) is 28.9 Å². The minimum absolute atomic E-state index is 0. The smallest absolute Gasteiger partial charge is 0 e. The minimum Gasteiger partial charge on any atom is -0.387 e. The Balaban J connectivity index is 0. The molecule has 0 saturated carbocycles. The molecule has 0 rings (SSSR count). The summed E-state index contributed by atoms with van der Waals surface area (Å²) in [7, 11) is 0. The molecule has 0 aromatic carbocycles. The third-order valence-corrected chi connectivity index (χ3v) is 1.80. The van der Waals surface area contributed by atoms with Crippen molar-refractivity contribution in [3.63, 3.8) is 0 Å². The van der Waals surface area contributed by atoms with Crippen molar-refractivity contribution in [1.82, 2.24) is 0 Å². The number of hydrogen-bond donors (Lipinski definition) is 0. The Labute approximate surface area is 128 Å². The van der Waals surface area contributed by atoms with Crippen LogP contribution in [0.4, 0.5) is 0 Å². The molecule has 0 aromatic rings. The van der Waals surface area contributed by atoms with Crippen LogP contribution in [0.1, 0.15) is 55.4 Å². The number of hydrogen-bond acceptors (Lipinski definition) is 0. The number of allylic oxidation sites excluding steroid dienone is 4. The molecule has 0 atom stereocenters. The van der Waals surface area contributed by atoms with Gasteiger partial charge in [0.25, 0.3) is 0 Å². The van der Waals surface area contributed by atoms with Crippen molar-refractivity contribution in [2.75, 3.05) is 0 Å². The Morgan fingerprint density at radius 3 is 1.62 bits per heavy atom. The second-order valence-electron chi connectivity index (χ2n) is 6.52. The van der Waals surface area contributed by atoms with Gasteiger partial charge in [-0.1, -0.05) is 55.4 Å². The van der Waals surface area contributed by atoms with E-state index in [1.54, 1.807) is 0 Å². The summed E-state index contributed by atoms with van der Waals surface area (Å²) in [5, 5.41) is 0. The predicted octanol–water partition coefficient (Wildman–Crippen LogP) is 4.82. The molecule has 0 saturated heterocycles. The Hall–Kier alpha value is 0.584. The third-order valence-electron chi connectivity index (χ3n) is 1.80. The molecule has 0 aliphatic rings. The Morgan fingerprint density at radius 2 is 1.38 bits per heavy atom. The second kappa shape index (κ2) is 7.11. The van der Waals surface area contributed by atoms with Gasteiger partial charge in [0.2, 0.25) is 0 Å². The van der Waals surface area contributed by atoms with Gasteiger partial charge in [0.1, 0.15) is 0 Å². The van der Waals surface area contributed by atoms with E-state index in [0.717, 1.165) is 0 Å². The molecule has 16 heavy (non-hydrogen) atoms. The van der Waals surface area contributed by atoms with Crippen molar-refractivity contribution in [1.29, 1.82) is 0 Å². The van der Waals surface area contributed by atoms with E-state index in [1.165, 1.54) is 5.57 Å². The van der Waals surface area contributed by atoms with Crippen molar-refractivity contribution in [2.45, 2.75) is 55.4 Å². The van der Waals surface area contributed by atoms with Crippen LogP contribution >= 0.6 is 0 Å². The molecule has 0 unspecified atom stereocenters. The third kappa shape index (κ3) is 11.1. The van der Waals surface area contributed by atoms with E-state index in [0.29, 0.717) is 5.92 Å². The topological polar surface area (TPSA) is 0 Å². The van der Waals surface area contributed by atoms with Gasteiger partial charge in [0.15, 0.2) is 0 Å². The summed E-state index contributed by atoms with van der Waals surface area (Å²) in [4.78, 5) is 0. The zero-order chi connectivity index (χ0) is 12.3. The van der Waals surface area contributed by atoms with Gasteiger partial charge in [-0.25, -0.2) is 0 Å². The zero-order valence-corrected chi connectivity index (χ0v) is 15.1. The van der Waals surface area contributed by atoms with E-state index in [-0.39, 0.29) is 43.5 Å². The number of rotatable bonds is 2. The summed E-state index contributed by atoms with van der Waals surface area (Å²) < 4.78 is 0. The first-order valence-electron chi connectivity index (χ1n) is 5.77. The quantitative estimate of drug-likeness (QED) is 0.506. The molecular weight excluding hydrogens is 269 g/mol. The predicted molar refractivity (Wildman–Crippen MR) is 68.3 cm³/mol. The first kappa shape index (κ1) is 18.9. The van der Waals surface area contributed by atoms with E-state index in [2.05, 4.69) is 73.6 Å². The van der Waals surface area contributed by atoms with E-state index in [9.17, 15) is 0 Å². The molecule has 0 aliphatic heterocycles. The van der Waals surface area contributed by atoms with Gasteiger partial charge in [-0.05, 0) is 0 Å². The van der Waals surface area contributed by atoms with Crippen LogP contribution in [0.15, 0.2) is 11.6 Å². The molecule has 0 amide bonds. The second-order valence-corrected chi connectivity index (χ2v) is 6.52. The molecule has 0 aromatic heterocycles. The molecular formula is C15H26Y-2. The molecule has 0 heterocycles. The van der Waals surface area contributed by atoms with Gasteiger partial charge in [-0.15, -0.1) is 16.7 Å². The summed E-state index contributed by atoms with van der Waals surface area (Å²) in [6.45, 7) is 17.4. The van der Waals surface area contributed by atoms with Crippen LogP contribution in [0.5, 0.6) is 0 Å². The molecule has 91 valence electrons. The fourth-order valence-corrected chi connectivity index (χ4v) is 1.07. The summed E-state index contributed by atoms with van der Waals surface area (Å²) in [5.74, 6) is 0.513. The molecule has 1 radical (unpaired) electrons. The van der Waals surface area contributed by atoms with E-state index < -0.39 is 0 Å². The Kier molecular flexibility index (Phi) is 8.42. The Bertz CT molecular complexity index is 244. The fraction of sp³-hybridized carbons (Fsp3) is 0.733. The summed E-state index contributed by atoms with van der Waals surface area (Å²) in [6.07, 6.45) is 9.04. The molecule has 0 nitrogen and oxygen atoms in total. The van der Waals surface area contributed by atoms with E-state index in [1.807, 2.05) is 0 Å². The van der Waals surface area contributed by atoms with Crippen LogP contribution in [0.3, 0.4) is 0 Å². The van der Waals surface area contributed by atoms with Gasteiger partial charge in [0, 0.05) is 32.7 Å². The van der Waals surface area contributed by atoms with Crippen LogP contribution in [0.25, 0.3) is 0 Å². The summed E-state index contributed by atoms with van der Waals surface area (Å²) in [5.41, 5.74) is 1.51. The van der Waals surface area contributed by atoms with Crippen LogP contribution in [-0.2, 0) is 32.7 Å². The normalized spacial score (nSPS) is 14.4. The maximum atomic E-state index is 3.53. The SMILES string of the molecule is CC(C)C(=[C-]C(C)(C)C)C=[C-]C(C)(C)C.[Y]. The van der Waals surface area contributed by atoms with Crippen molar-refractivity contribution in [2.24, 2.45) is 16.7 Å². The van der Waals surface area contributed by atoms with Crippen LogP contribution in [0.2, 0.25) is 0 Å². The molecule has 0 fully saturated rings. The average molecular weight is 295 g/mol. The monoisotopic (exact) mass is 295 g/mol. The van der Waals surface area contributed by atoms with Crippen molar-refractivity contribution in [3.05, 3.63) is 23.8 Å². The summed E-state index contributed by atoms with van der Waals surface area (Å²) >= 11 is 0. The first-order valence-corrected chi connectivity index (χ1v) is 5.77. The molecule has 0 bridgehead atoms. The van der Waals surface area contributed by atoms with Gasteiger partial charge >= 0.3 is 0 Å². The van der Waals surface area contributed by atoms with Crippen LogP contribution in [-0.4, -0.2) is 0 Å². The molecule has 1 heteroatoms. The van der Waals surface area contributed by atoms with Gasteiger partial charge < -0.3 is 23.8 Å². The maximum absolute atomic E-state index is 3.53. The largest absolute Gasteiger partial charge is 0.387 e. The van der Waals surface area contributed by atoms with E-state index >= 15 is 0 Å². The van der Waals surface area contributed by atoms with Gasteiger partial charge in [0.05, 0.1) is 0 Å². The molecule has 0 aliphatic carbocycles. The van der Waals surface area contributed by atoms with Crippen molar-refractivity contribution < 1.29 is 32.7 Å². The zero-order valence-electron chi connectivity index (χ0n) is 12.2. The van der Waals surface area contributed by atoms with Crippen molar-refractivity contribution in [3.8, 4) is 0 Å². The summed E-state index contributed by atoms with van der Waals surface area (Å²) in [6, 6.07) is 0. The Morgan fingerprint density at radius 1 is 0.938 bits per heavy atom. The minimum atomic E-state index is 0. The van der Waals surface area contributed by atoms with Crippen molar-refractivity contribution >= 4 is 0 Å². The maximum Gasteiger partial charge on any atom is 0 e. The molecule has 0 N–H and O–H groups in total. The van der Waals surface area contributed by atoms with E-state index in [4.69, 9.17) is 0 Å². The molecule has 0 spiro atoms. The first-order chi connectivity index (χ1) is 6.51. The van der Waals surface area contributed by atoms with Gasteiger partial charge in [-0.2, -0.15) is 0 Å². The fourth-order valence-electron chi connectivity index (χ4n) is 1.07. The van der Waals surface area contributed by atoms with Gasteiger partial charge in [-0.3, -0.25) is 0 Å². The average Bonchev–Trinajstić information content (AvgIpc) is 1.93. The van der Waals surface area contributed by atoms with Crippen LogP contribution < -0.4 is 0 Å². The standard InChI is InChI=1S/C15H26.Y/c1-12(2)13(11-15(6,7)8)9-10-14(3,4)5;/h9,12H,1-8H3;/q-2;.